The zero-order chi connectivity index (χ0) is 21.6. The highest BCUT2D eigenvalue weighted by Crippen LogP contribution is 2.26. The van der Waals surface area contributed by atoms with Crippen molar-refractivity contribution >= 4 is 27.8 Å². The zero-order valence-corrected chi connectivity index (χ0v) is 17.6. The molecule has 0 fully saturated rings. The molecule has 1 amide bonds. The van der Waals surface area contributed by atoms with Crippen molar-refractivity contribution in [3.63, 3.8) is 0 Å². The fourth-order valence-corrected chi connectivity index (χ4v) is 4.35. The first-order chi connectivity index (χ1) is 14.4. The molecular formula is C23H23N3O3S. The maximum Gasteiger partial charge on any atom is 0.264 e. The molecule has 0 unspecified atom stereocenters. The van der Waals surface area contributed by atoms with E-state index in [0.29, 0.717) is 5.69 Å². The van der Waals surface area contributed by atoms with Crippen molar-refractivity contribution < 1.29 is 13.2 Å². The Labute approximate surface area is 176 Å². The molecule has 0 saturated carbocycles. The second-order valence-corrected chi connectivity index (χ2v) is 8.68. The van der Waals surface area contributed by atoms with E-state index in [1.807, 2.05) is 43.3 Å². The Kier molecular flexibility index (Phi) is 6.64. The van der Waals surface area contributed by atoms with Gasteiger partial charge >= 0.3 is 0 Å². The summed E-state index contributed by atoms with van der Waals surface area (Å²) in [5.74, 6) is -0.541. The van der Waals surface area contributed by atoms with Crippen molar-refractivity contribution in [1.29, 1.82) is 0 Å². The molecule has 3 aromatic rings. The summed E-state index contributed by atoms with van der Waals surface area (Å²) in [5.41, 5.74) is 5.37. The smallest absolute Gasteiger partial charge is 0.264 e. The minimum atomic E-state index is -3.95. The van der Waals surface area contributed by atoms with E-state index in [1.54, 1.807) is 49.4 Å². The number of amides is 1. The molecule has 3 aromatic carbocycles. The molecule has 154 valence electrons. The molecule has 0 radical (unpaired) electrons. The highest BCUT2D eigenvalue weighted by molar-refractivity contribution is 7.92. The monoisotopic (exact) mass is 421 g/mol. The number of hydrogen-bond donors (Lipinski definition) is 1. The number of benzene rings is 3. The van der Waals surface area contributed by atoms with Crippen LogP contribution in [0.5, 0.6) is 0 Å². The number of para-hydroxylation sites is 1. The molecule has 0 aliphatic carbocycles. The second-order valence-electron chi connectivity index (χ2n) is 6.82. The molecule has 6 nitrogen and oxygen atoms in total. The van der Waals surface area contributed by atoms with E-state index in [-0.39, 0.29) is 4.90 Å². The molecule has 3 rings (SSSR count). The van der Waals surface area contributed by atoms with Gasteiger partial charge in [0.2, 0.25) is 0 Å². The summed E-state index contributed by atoms with van der Waals surface area (Å²) >= 11 is 0. The largest absolute Gasteiger partial charge is 0.271 e. The highest BCUT2D eigenvalue weighted by Gasteiger charge is 2.28. The molecule has 7 heteroatoms. The standard InChI is InChI=1S/C23H23N3O3S/c1-18-12-14-21(15-13-18)30(28,29)26(22-11-7-6-8-19(22)2)17-23(27)25-24-16-20-9-4-3-5-10-20/h3-16H,17H2,1-2H3,(H,25,27)/b24-16-. The summed E-state index contributed by atoms with van der Waals surface area (Å²) in [6.07, 6.45) is 1.50. The number of nitrogens with zero attached hydrogens (tertiary/aromatic N) is 2. The van der Waals surface area contributed by atoms with Crippen LogP contribution < -0.4 is 9.73 Å². The lowest BCUT2D eigenvalue weighted by Crippen LogP contribution is -2.40. The van der Waals surface area contributed by atoms with Crippen molar-refractivity contribution in [3.8, 4) is 0 Å². The van der Waals surface area contributed by atoms with Crippen LogP contribution in [0.15, 0.2) is 88.9 Å². The first kappa shape index (κ1) is 21.3. The third-order valence-corrected chi connectivity index (χ3v) is 6.26. The Morgan fingerprint density at radius 2 is 1.57 bits per heavy atom. The van der Waals surface area contributed by atoms with Gasteiger partial charge in [0, 0.05) is 0 Å². The van der Waals surface area contributed by atoms with Crippen LogP contribution in [0, 0.1) is 13.8 Å². The summed E-state index contributed by atoms with van der Waals surface area (Å²) in [6.45, 7) is 3.29. The molecule has 0 atom stereocenters. The van der Waals surface area contributed by atoms with Gasteiger partial charge < -0.3 is 0 Å². The number of sulfonamides is 1. The van der Waals surface area contributed by atoms with Crippen LogP contribution in [0.25, 0.3) is 0 Å². The maximum atomic E-state index is 13.3. The average Bonchev–Trinajstić information content (AvgIpc) is 2.74. The van der Waals surface area contributed by atoms with Crippen molar-refractivity contribution in [2.75, 3.05) is 10.8 Å². The lowest BCUT2D eigenvalue weighted by molar-refractivity contribution is -0.119. The van der Waals surface area contributed by atoms with Crippen LogP contribution in [-0.2, 0) is 14.8 Å². The van der Waals surface area contributed by atoms with Gasteiger partial charge in [0.05, 0.1) is 16.8 Å². The van der Waals surface area contributed by atoms with Gasteiger partial charge in [0.1, 0.15) is 6.54 Å². The molecule has 0 saturated heterocycles. The van der Waals surface area contributed by atoms with Crippen LogP contribution in [0.1, 0.15) is 16.7 Å². The molecule has 0 bridgehead atoms. The molecule has 0 aromatic heterocycles. The van der Waals surface area contributed by atoms with E-state index < -0.39 is 22.5 Å². The highest BCUT2D eigenvalue weighted by atomic mass is 32.2. The summed E-state index contributed by atoms with van der Waals surface area (Å²) in [7, 11) is -3.95. The lowest BCUT2D eigenvalue weighted by atomic mass is 10.2. The van der Waals surface area contributed by atoms with Crippen LogP contribution in [0.3, 0.4) is 0 Å². The van der Waals surface area contributed by atoms with Crippen molar-refractivity contribution in [1.82, 2.24) is 5.43 Å². The van der Waals surface area contributed by atoms with E-state index in [1.165, 1.54) is 6.21 Å². The number of hydrazone groups is 1. The fourth-order valence-electron chi connectivity index (χ4n) is 2.86. The first-order valence-corrected chi connectivity index (χ1v) is 10.8. The molecule has 0 spiro atoms. The van der Waals surface area contributed by atoms with Crippen molar-refractivity contribution in [2.24, 2.45) is 5.10 Å². The van der Waals surface area contributed by atoms with E-state index in [4.69, 9.17) is 0 Å². The van der Waals surface area contributed by atoms with Crippen LogP contribution in [0.4, 0.5) is 5.69 Å². The van der Waals surface area contributed by atoms with Crippen LogP contribution in [0.2, 0.25) is 0 Å². The number of aryl methyl sites for hydroxylation is 2. The Bertz CT molecular complexity index is 1140. The Morgan fingerprint density at radius 1 is 0.933 bits per heavy atom. The summed E-state index contributed by atoms with van der Waals surface area (Å²) < 4.78 is 27.8. The predicted octanol–water partition coefficient (Wildman–Crippen LogP) is 3.65. The third-order valence-electron chi connectivity index (χ3n) is 4.48. The minimum Gasteiger partial charge on any atom is -0.271 e. The quantitative estimate of drug-likeness (QED) is 0.467. The normalized spacial score (nSPS) is 11.4. The maximum absolute atomic E-state index is 13.3. The fraction of sp³-hybridized carbons (Fsp3) is 0.130. The van der Waals surface area contributed by atoms with Gasteiger partial charge in [-0.1, -0.05) is 66.2 Å². The second kappa shape index (κ2) is 9.37. The van der Waals surface area contributed by atoms with Gasteiger partial charge in [-0.05, 0) is 43.2 Å². The number of nitrogens with one attached hydrogen (secondary N) is 1. The molecule has 0 aliphatic rings. The number of carbonyl (C=O) groups excluding carboxylic acids is 1. The molecule has 30 heavy (non-hydrogen) atoms. The van der Waals surface area contributed by atoms with Gasteiger partial charge in [-0.3, -0.25) is 9.10 Å². The van der Waals surface area contributed by atoms with Gasteiger partial charge in [-0.2, -0.15) is 5.10 Å². The minimum absolute atomic E-state index is 0.122. The van der Waals surface area contributed by atoms with Crippen LogP contribution >= 0.6 is 0 Å². The van der Waals surface area contributed by atoms with Gasteiger partial charge in [0.15, 0.2) is 0 Å². The summed E-state index contributed by atoms with van der Waals surface area (Å²) in [4.78, 5) is 12.7. The van der Waals surface area contributed by atoms with E-state index in [0.717, 1.165) is 21.0 Å². The van der Waals surface area contributed by atoms with Crippen molar-refractivity contribution in [3.05, 3.63) is 95.6 Å². The Balaban J connectivity index is 1.87. The van der Waals surface area contributed by atoms with Gasteiger partial charge in [-0.15, -0.1) is 0 Å². The molecule has 0 aliphatic heterocycles. The average molecular weight is 422 g/mol. The summed E-state index contributed by atoms with van der Waals surface area (Å²) in [5, 5.41) is 3.93. The van der Waals surface area contributed by atoms with E-state index in [9.17, 15) is 13.2 Å². The molecular weight excluding hydrogens is 398 g/mol. The first-order valence-electron chi connectivity index (χ1n) is 9.40. The van der Waals surface area contributed by atoms with Gasteiger partial charge in [0.25, 0.3) is 15.9 Å². The van der Waals surface area contributed by atoms with E-state index in [2.05, 4.69) is 10.5 Å². The zero-order valence-electron chi connectivity index (χ0n) is 16.8. The predicted molar refractivity (Wildman–Crippen MR) is 119 cm³/mol. The third kappa shape index (κ3) is 5.12. The van der Waals surface area contributed by atoms with Gasteiger partial charge in [-0.25, -0.2) is 13.8 Å². The number of carbonyl (C=O) groups is 1. The van der Waals surface area contributed by atoms with Crippen LogP contribution in [-0.4, -0.2) is 27.1 Å². The Hall–Kier alpha value is -3.45. The topological polar surface area (TPSA) is 78.8 Å². The van der Waals surface area contributed by atoms with Crippen molar-refractivity contribution in [2.45, 2.75) is 18.7 Å². The summed E-state index contributed by atoms with van der Waals surface area (Å²) in [6, 6.07) is 22.9. The number of anilines is 1. The van der Waals surface area contributed by atoms with E-state index >= 15 is 0 Å². The lowest BCUT2D eigenvalue weighted by Gasteiger charge is -2.25. The molecule has 0 heterocycles. The SMILES string of the molecule is Cc1ccc(S(=O)(=O)N(CC(=O)N/N=C\c2ccccc2)c2ccccc2C)cc1. The Morgan fingerprint density at radius 3 is 2.23 bits per heavy atom. The number of rotatable bonds is 7. The number of hydrogen-bond acceptors (Lipinski definition) is 4. The molecule has 1 N–H and O–H groups in total.